The zero-order valence-electron chi connectivity index (χ0n) is 11.8. The lowest BCUT2D eigenvalue weighted by Gasteiger charge is -2.43. The molecule has 3 rings (SSSR count). The molecule has 2 aliphatic rings. The number of fused-ring (bicyclic) bond motifs is 1. The summed E-state index contributed by atoms with van der Waals surface area (Å²) in [5.74, 6) is 0. The highest BCUT2D eigenvalue weighted by molar-refractivity contribution is 5.54. The van der Waals surface area contributed by atoms with E-state index in [1.54, 1.807) is 0 Å². The van der Waals surface area contributed by atoms with E-state index in [1.807, 2.05) is 13.0 Å². The van der Waals surface area contributed by atoms with Crippen molar-refractivity contribution in [1.82, 2.24) is 4.90 Å². The molecule has 0 spiro atoms. The molecule has 2 unspecified atom stereocenters. The Kier molecular flexibility index (Phi) is 3.20. The Morgan fingerprint density at radius 1 is 1.32 bits per heavy atom. The van der Waals surface area contributed by atoms with Crippen molar-refractivity contribution in [2.45, 2.75) is 38.8 Å². The van der Waals surface area contributed by atoms with E-state index in [-0.39, 0.29) is 0 Å². The molecule has 3 heteroatoms. The number of nitrogens with zero attached hydrogens (tertiary/aromatic N) is 3. The number of benzene rings is 1. The van der Waals surface area contributed by atoms with Gasteiger partial charge in [-0.05, 0) is 57.0 Å². The smallest absolute Gasteiger partial charge is 0.0994 e. The lowest BCUT2D eigenvalue weighted by molar-refractivity contribution is 0.203. The Morgan fingerprint density at radius 3 is 2.89 bits per heavy atom. The largest absolute Gasteiger partial charge is 0.366 e. The van der Waals surface area contributed by atoms with E-state index < -0.39 is 0 Å². The van der Waals surface area contributed by atoms with Gasteiger partial charge in [-0.1, -0.05) is 0 Å². The first-order chi connectivity index (χ1) is 9.19. The van der Waals surface area contributed by atoms with Gasteiger partial charge < -0.3 is 4.90 Å². The van der Waals surface area contributed by atoms with Gasteiger partial charge in [0.25, 0.3) is 0 Å². The van der Waals surface area contributed by atoms with Gasteiger partial charge >= 0.3 is 0 Å². The summed E-state index contributed by atoms with van der Waals surface area (Å²) in [4.78, 5) is 5.15. The molecule has 0 saturated carbocycles. The molecule has 19 heavy (non-hydrogen) atoms. The zero-order chi connectivity index (χ0) is 13.4. The SMILES string of the molecule is Cc1cc(N2CC3CCCN3CC2C)ccc1C#N. The Balaban J connectivity index is 1.85. The van der Waals surface area contributed by atoms with Gasteiger partial charge in [-0.3, -0.25) is 4.90 Å². The molecule has 0 radical (unpaired) electrons. The number of piperazine rings is 1. The van der Waals surface area contributed by atoms with Gasteiger partial charge in [0, 0.05) is 30.9 Å². The van der Waals surface area contributed by atoms with E-state index in [0.29, 0.717) is 6.04 Å². The molecule has 2 heterocycles. The van der Waals surface area contributed by atoms with Gasteiger partial charge in [0.15, 0.2) is 0 Å². The lowest BCUT2D eigenvalue weighted by atomic mass is 10.0. The maximum absolute atomic E-state index is 9.02. The molecule has 2 saturated heterocycles. The van der Waals surface area contributed by atoms with E-state index in [1.165, 1.54) is 31.6 Å². The number of nitriles is 1. The molecule has 2 atom stereocenters. The van der Waals surface area contributed by atoms with Gasteiger partial charge in [-0.25, -0.2) is 0 Å². The van der Waals surface area contributed by atoms with E-state index >= 15 is 0 Å². The maximum atomic E-state index is 9.02. The van der Waals surface area contributed by atoms with Gasteiger partial charge in [-0.15, -0.1) is 0 Å². The first-order valence-electron chi connectivity index (χ1n) is 7.20. The molecule has 0 bridgehead atoms. The second kappa shape index (κ2) is 4.86. The summed E-state index contributed by atoms with van der Waals surface area (Å²) in [6.45, 7) is 7.91. The molecule has 1 aromatic rings. The van der Waals surface area contributed by atoms with Crippen LogP contribution in [0.25, 0.3) is 0 Å². The fourth-order valence-corrected chi connectivity index (χ4v) is 3.50. The minimum Gasteiger partial charge on any atom is -0.366 e. The van der Waals surface area contributed by atoms with E-state index in [0.717, 1.165) is 23.7 Å². The summed E-state index contributed by atoms with van der Waals surface area (Å²) in [6, 6.07) is 9.76. The number of aryl methyl sites for hydroxylation is 1. The van der Waals surface area contributed by atoms with Crippen LogP contribution in [0.2, 0.25) is 0 Å². The normalized spacial score (nSPS) is 27.1. The van der Waals surface area contributed by atoms with Crippen LogP contribution in [0.4, 0.5) is 5.69 Å². The van der Waals surface area contributed by atoms with Crippen molar-refractivity contribution in [2.75, 3.05) is 24.5 Å². The average Bonchev–Trinajstić information content (AvgIpc) is 2.84. The summed E-state index contributed by atoms with van der Waals surface area (Å²) in [6.07, 6.45) is 2.68. The van der Waals surface area contributed by atoms with Crippen LogP contribution >= 0.6 is 0 Å². The Labute approximate surface area is 115 Å². The second-order valence-electron chi connectivity index (χ2n) is 5.90. The summed E-state index contributed by atoms with van der Waals surface area (Å²) in [7, 11) is 0. The predicted molar refractivity (Wildman–Crippen MR) is 77.3 cm³/mol. The topological polar surface area (TPSA) is 30.3 Å². The first kappa shape index (κ1) is 12.5. The molecule has 2 aliphatic heterocycles. The summed E-state index contributed by atoms with van der Waals surface area (Å²) in [5, 5.41) is 9.02. The van der Waals surface area contributed by atoms with Crippen molar-refractivity contribution in [3.05, 3.63) is 29.3 Å². The molecule has 0 aliphatic carbocycles. The van der Waals surface area contributed by atoms with Crippen LogP contribution in [-0.4, -0.2) is 36.6 Å². The van der Waals surface area contributed by atoms with Crippen molar-refractivity contribution < 1.29 is 0 Å². The third kappa shape index (κ3) is 2.21. The molecule has 0 N–H and O–H groups in total. The molecular weight excluding hydrogens is 234 g/mol. The maximum Gasteiger partial charge on any atom is 0.0994 e. The van der Waals surface area contributed by atoms with Crippen LogP contribution < -0.4 is 4.90 Å². The van der Waals surface area contributed by atoms with Crippen LogP contribution in [0.3, 0.4) is 0 Å². The third-order valence-corrected chi connectivity index (χ3v) is 4.60. The van der Waals surface area contributed by atoms with E-state index in [2.05, 4.69) is 34.9 Å². The lowest BCUT2D eigenvalue weighted by Crippen LogP contribution is -2.55. The second-order valence-corrected chi connectivity index (χ2v) is 5.90. The van der Waals surface area contributed by atoms with Gasteiger partial charge in [0.05, 0.1) is 11.6 Å². The number of anilines is 1. The van der Waals surface area contributed by atoms with Crippen LogP contribution in [0, 0.1) is 18.3 Å². The fraction of sp³-hybridized carbons (Fsp3) is 0.562. The Hall–Kier alpha value is -1.53. The molecule has 100 valence electrons. The highest BCUT2D eigenvalue weighted by Crippen LogP contribution is 2.29. The molecule has 0 amide bonds. The van der Waals surface area contributed by atoms with Crippen molar-refractivity contribution in [3.8, 4) is 6.07 Å². The first-order valence-corrected chi connectivity index (χ1v) is 7.20. The monoisotopic (exact) mass is 255 g/mol. The molecule has 2 fully saturated rings. The van der Waals surface area contributed by atoms with Gasteiger partial charge in [0.1, 0.15) is 0 Å². The quantitative estimate of drug-likeness (QED) is 0.772. The Morgan fingerprint density at radius 2 is 2.16 bits per heavy atom. The van der Waals surface area contributed by atoms with Crippen molar-refractivity contribution >= 4 is 5.69 Å². The molecule has 3 nitrogen and oxygen atoms in total. The molecule has 1 aromatic carbocycles. The van der Waals surface area contributed by atoms with Gasteiger partial charge in [-0.2, -0.15) is 5.26 Å². The zero-order valence-corrected chi connectivity index (χ0v) is 11.8. The van der Waals surface area contributed by atoms with Crippen molar-refractivity contribution in [2.24, 2.45) is 0 Å². The summed E-state index contributed by atoms with van der Waals surface area (Å²) in [5.41, 5.74) is 3.15. The standard InChI is InChI=1S/C16H21N3/c1-12-8-15(6-5-14(12)9-17)19-11-16-4-3-7-18(16)10-13(19)2/h5-6,8,13,16H,3-4,7,10-11H2,1-2H3. The minimum atomic E-state index is 0.557. The van der Waals surface area contributed by atoms with E-state index in [4.69, 9.17) is 5.26 Å². The minimum absolute atomic E-state index is 0.557. The fourth-order valence-electron chi connectivity index (χ4n) is 3.50. The molecular formula is C16H21N3. The summed E-state index contributed by atoms with van der Waals surface area (Å²) < 4.78 is 0. The van der Waals surface area contributed by atoms with Crippen molar-refractivity contribution in [3.63, 3.8) is 0 Å². The number of hydrogen-bond donors (Lipinski definition) is 0. The van der Waals surface area contributed by atoms with Crippen LogP contribution in [-0.2, 0) is 0 Å². The predicted octanol–water partition coefficient (Wildman–Crippen LogP) is 2.54. The van der Waals surface area contributed by atoms with Gasteiger partial charge in [0.2, 0.25) is 0 Å². The van der Waals surface area contributed by atoms with Crippen LogP contribution in [0.1, 0.15) is 30.9 Å². The highest BCUT2D eigenvalue weighted by atomic mass is 15.3. The average molecular weight is 255 g/mol. The molecule has 0 aromatic heterocycles. The number of rotatable bonds is 1. The highest BCUT2D eigenvalue weighted by Gasteiger charge is 2.34. The third-order valence-electron chi connectivity index (χ3n) is 4.60. The Bertz CT molecular complexity index is 517. The summed E-state index contributed by atoms with van der Waals surface area (Å²) >= 11 is 0. The van der Waals surface area contributed by atoms with Crippen LogP contribution in [0.5, 0.6) is 0 Å². The number of hydrogen-bond acceptors (Lipinski definition) is 3. The van der Waals surface area contributed by atoms with Crippen LogP contribution in [0.15, 0.2) is 18.2 Å². The van der Waals surface area contributed by atoms with Crippen molar-refractivity contribution in [1.29, 1.82) is 5.26 Å². The van der Waals surface area contributed by atoms with E-state index in [9.17, 15) is 0 Å².